The molecule has 1 aliphatic heterocycles. The van der Waals surface area contributed by atoms with Crippen molar-refractivity contribution in [1.82, 2.24) is 24.6 Å². The lowest BCUT2D eigenvalue weighted by Gasteiger charge is -2.28. The van der Waals surface area contributed by atoms with Gasteiger partial charge in [-0.15, -0.1) is 0 Å². The molecule has 3 heterocycles. The Morgan fingerprint density at radius 2 is 2.15 bits per heavy atom. The molecule has 0 unspecified atom stereocenters. The van der Waals surface area contributed by atoms with Crippen LogP contribution in [0.5, 0.6) is 0 Å². The third-order valence-corrected chi connectivity index (χ3v) is 5.26. The molecule has 0 saturated heterocycles. The van der Waals surface area contributed by atoms with Crippen molar-refractivity contribution in [2.45, 2.75) is 52.1 Å². The van der Waals surface area contributed by atoms with Crippen molar-refractivity contribution in [3.05, 3.63) is 40.7 Å². The Bertz CT molecular complexity index is 887. The molecular formula is C19H23N5O3. The topological polar surface area (TPSA) is 101 Å². The van der Waals surface area contributed by atoms with Crippen molar-refractivity contribution in [1.29, 1.82) is 0 Å². The fourth-order valence-corrected chi connectivity index (χ4v) is 3.67. The van der Waals surface area contributed by atoms with Crippen LogP contribution in [0, 0.1) is 5.92 Å². The number of amides is 1. The summed E-state index contributed by atoms with van der Waals surface area (Å²) < 4.78 is 1.85. The molecular weight excluding hydrogens is 346 g/mol. The van der Waals surface area contributed by atoms with Crippen LogP contribution in [-0.2, 0) is 25.9 Å². The molecule has 2 aromatic rings. The summed E-state index contributed by atoms with van der Waals surface area (Å²) in [6, 6.07) is 0. The van der Waals surface area contributed by atoms with Crippen molar-refractivity contribution in [3.63, 3.8) is 0 Å². The second kappa shape index (κ2) is 7.09. The van der Waals surface area contributed by atoms with Crippen LogP contribution in [0.15, 0.2) is 12.5 Å². The van der Waals surface area contributed by atoms with Gasteiger partial charge in [0.05, 0.1) is 17.8 Å². The van der Waals surface area contributed by atoms with Gasteiger partial charge >= 0.3 is 5.97 Å². The first kappa shape index (κ1) is 17.6. The summed E-state index contributed by atoms with van der Waals surface area (Å²) in [4.78, 5) is 34.7. The monoisotopic (exact) mass is 369 g/mol. The number of aromatic carboxylic acids is 1. The highest BCUT2D eigenvalue weighted by atomic mass is 16.4. The summed E-state index contributed by atoms with van der Waals surface area (Å²) in [5.74, 6) is -0.575. The van der Waals surface area contributed by atoms with Gasteiger partial charge in [0.1, 0.15) is 6.33 Å². The number of fused-ring (bicyclic) bond motifs is 1. The van der Waals surface area contributed by atoms with Crippen LogP contribution in [0.3, 0.4) is 0 Å². The van der Waals surface area contributed by atoms with E-state index in [2.05, 4.69) is 15.1 Å². The number of carboxylic acid groups (broad SMARTS) is 1. The van der Waals surface area contributed by atoms with Crippen molar-refractivity contribution >= 4 is 11.9 Å². The minimum Gasteiger partial charge on any atom is -0.476 e. The van der Waals surface area contributed by atoms with Crippen LogP contribution in [0.25, 0.3) is 0 Å². The first-order valence-corrected chi connectivity index (χ1v) is 9.48. The van der Waals surface area contributed by atoms with Crippen LogP contribution in [-0.4, -0.2) is 48.2 Å². The van der Waals surface area contributed by atoms with Gasteiger partial charge in [0.15, 0.2) is 5.69 Å². The van der Waals surface area contributed by atoms with Crippen molar-refractivity contribution in [2.24, 2.45) is 5.92 Å². The predicted molar refractivity (Wildman–Crippen MR) is 96.4 cm³/mol. The molecule has 1 amide bonds. The second-order valence-electron chi connectivity index (χ2n) is 7.31. The summed E-state index contributed by atoms with van der Waals surface area (Å²) in [5.41, 5.74) is 2.94. The third-order valence-electron chi connectivity index (χ3n) is 5.26. The molecule has 8 nitrogen and oxygen atoms in total. The van der Waals surface area contributed by atoms with Crippen LogP contribution in [0.2, 0.25) is 0 Å². The molecule has 2 aromatic heterocycles. The van der Waals surface area contributed by atoms with E-state index in [1.807, 2.05) is 11.6 Å². The van der Waals surface area contributed by atoms with E-state index in [1.54, 1.807) is 11.1 Å². The molecule has 8 heteroatoms. The smallest absolute Gasteiger partial charge is 0.356 e. The molecule has 1 fully saturated rings. The highest BCUT2D eigenvalue weighted by molar-refractivity contribution is 5.95. The summed E-state index contributed by atoms with van der Waals surface area (Å²) in [6.07, 6.45) is 7.59. The SMILES string of the molecule is CCCc1ncncc1C(=O)N1CCc2c(c(C(=O)O)nn2CC2CC2)C1. The maximum atomic E-state index is 13.1. The van der Waals surface area contributed by atoms with E-state index in [0.717, 1.165) is 24.4 Å². The van der Waals surface area contributed by atoms with E-state index in [1.165, 1.54) is 19.2 Å². The van der Waals surface area contributed by atoms with Gasteiger partial charge in [-0.25, -0.2) is 14.8 Å². The predicted octanol–water partition coefficient (Wildman–Crippen LogP) is 1.93. The number of hydrogen-bond donors (Lipinski definition) is 1. The normalized spacial score (nSPS) is 16.3. The van der Waals surface area contributed by atoms with Gasteiger partial charge in [-0.05, 0) is 25.2 Å². The Hall–Kier alpha value is -2.77. The van der Waals surface area contributed by atoms with Gasteiger partial charge in [0.25, 0.3) is 5.91 Å². The van der Waals surface area contributed by atoms with E-state index in [9.17, 15) is 14.7 Å². The summed E-state index contributed by atoms with van der Waals surface area (Å²) >= 11 is 0. The maximum Gasteiger partial charge on any atom is 0.356 e. The third kappa shape index (κ3) is 3.43. The number of carboxylic acids is 1. The Morgan fingerprint density at radius 3 is 2.85 bits per heavy atom. The highest BCUT2D eigenvalue weighted by Crippen LogP contribution is 2.33. The highest BCUT2D eigenvalue weighted by Gasteiger charge is 2.33. The number of hydrogen-bond acceptors (Lipinski definition) is 5. The number of carbonyl (C=O) groups excluding carboxylic acids is 1. The van der Waals surface area contributed by atoms with Gasteiger partial charge in [0.2, 0.25) is 0 Å². The Balaban J connectivity index is 1.62. The Kier molecular flexibility index (Phi) is 4.63. The van der Waals surface area contributed by atoms with E-state index >= 15 is 0 Å². The largest absolute Gasteiger partial charge is 0.476 e. The molecule has 0 bridgehead atoms. The number of nitrogens with zero attached hydrogens (tertiary/aromatic N) is 5. The Labute approximate surface area is 157 Å². The van der Waals surface area contributed by atoms with Gasteiger partial charge in [-0.2, -0.15) is 5.10 Å². The molecule has 1 aliphatic carbocycles. The first-order chi connectivity index (χ1) is 13.1. The zero-order valence-electron chi connectivity index (χ0n) is 15.4. The average molecular weight is 369 g/mol. The minimum absolute atomic E-state index is 0.0706. The first-order valence-electron chi connectivity index (χ1n) is 9.48. The fraction of sp³-hybridized carbons (Fsp3) is 0.526. The van der Waals surface area contributed by atoms with Gasteiger partial charge in [-0.1, -0.05) is 13.3 Å². The summed E-state index contributed by atoms with van der Waals surface area (Å²) in [5, 5.41) is 13.9. The molecule has 1 saturated carbocycles. The van der Waals surface area contributed by atoms with Gasteiger partial charge in [0, 0.05) is 37.0 Å². The summed E-state index contributed by atoms with van der Waals surface area (Å²) in [6.45, 7) is 3.62. The van der Waals surface area contributed by atoms with Crippen LogP contribution in [0.4, 0.5) is 0 Å². The molecule has 2 aliphatic rings. The zero-order valence-corrected chi connectivity index (χ0v) is 15.4. The van der Waals surface area contributed by atoms with Crippen molar-refractivity contribution < 1.29 is 14.7 Å². The van der Waals surface area contributed by atoms with Gasteiger partial charge < -0.3 is 10.0 Å². The average Bonchev–Trinajstić information content (AvgIpc) is 3.41. The molecule has 0 radical (unpaired) electrons. The standard InChI is InChI=1S/C19H23N5O3/c1-2-3-15-13(8-20-11-21-15)18(25)23-7-6-16-14(10-23)17(19(26)27)22-24(16)9-12-4-5-12/h8,11-12H,2-7,9-10H2,1H3,(H,26,27). The van der Waals surface area contributed by atoms with Crippen LogP contribution in [0.1, 0.15) is 64.0 Å². The van der Waals surface area contributed by atoms with Crippen LogP contribution >= 0.6 is 0 Å². The van der Waals surface area contributed by atoms with Crippen LogP contribution < -0.4 is 0 Å². The van der Waals surface area contributed by atoms with E-state index in [0.29, 0.717) is 36.4 Å². The molecule has 0 atom stereocenters. The fourth-order valence-electron chi connectivity index (χ4n) is 3.67. The minimum atomic E-state index is -1.04. The number of carbonyl (C=O) groups is 2. The lowest BCUT2D eigenvalue weighted by molar-refractivity contribution is 0.0673. The summed E-state index contributed by atoms with van der Waals surface area (Å²) in [7, 11) is 0. The lowest BCUT2D eigenvalue weighted by atomic mass is 10.0. The zero-order chi connectivity index (χ0) is 19.0. The van der Waals surface area contributed by atoms with E-state index < -0.39 is 5.97 Å². The van der Waals surface area contributed by atoms with Gasteiger partial charge in [-0.3, -0.25) is 9.48 Å². The van der Waals surface area contributed by atoms with E-state index in [-0.39, 0.29) is 18.1 Å². The van der Waals surface area contributed by atoms with Crippen molar-refractivity contribution in [3.8, 4) is 0 Å². The molecule has 27 heavy (non-hydrogen) atoms. The Morgan fingerprint density at radius 1 is 1.33 bits per heavy atom. The van der Waals surface area contributed by atoms with Crippen molar-refractivity contribution in [2.75, 3.05) is 6.54 Å². The maximum absolute atomic E-state index is 13.1. The quantitative estimate of drug-likeness (QED) is 0.835. The second-order valence-corrected chi connectivity index (χ2v) is 7.31. The number of aryl methyl sites for hydroxylation is 1. The van der Waals surface area contributed by atoms with E-state index in [4.69, 9.17) is 0 Å². The number of rotatable bonds is 6. The molecule has 1 N–H and O–H groups in total. The molecule has 0 aromatic carbocycles. The molecule has 4 rings (SSSR count). The lowest BCUT2D eigenvalue weighted by Crippen LogP contribution is -2.37. The molecule has 142 valence electrons. The molecule has 0 spiro atoms. The number of aromatic nitrogens is 4.